The van der Waals surface area contributed by atoms with Gasteiger partial charge in [0.15, 0.2) is 0 Å². The predicted molar refractivity (Wildman–Crippen MR) is 137 cm³/mol. The maximum atomic E-state index is 12.0. The van der Waals surface area contributed by atoms with Crippen LogP contribution in [0.2, 0.25) is 0 Å². The highest BCUT2D eigenvalue weighted by atomic mass is 16.1. The van der Waals surface area contributed by atoms with Crippen LogP contribution in [-0.2, 0) is 4.79 Å². The Morgan fingerprint density at radius 3 is 2.00 bits per heavy atom. The average molecular weight is 429 g/mol. The maximum Gasteiger partial charge on any atom is 0.220 e. The molecule has 1 amide bonds. The number of amides is 1. The van der Waals surface area contributed by atoms with Gasteiger partial charge in [-0.05, 0) is 65.1 Å². The molecule has 1 atom stereocenters. The number of rotatable bonds is 16. The minimum Gasteiger partial charge on any atom is -0.350 e. The minimum atomic E-state index is 0.0895. The molecule has 3 nitrogen and oxygen atoms in total. The van der Waals surface area contributed by atoms with Crippen LogP contribution in [0.25, 0.3) is 0 Å². The zero-order valence-electron chi connectivity index (χ0n) is 20.7. The van der Waals surface area contributed by atoms with Gasteiger partial charge >= 0.3 is 0 Å². The molecular formula is C28H48N2O. The van der Waals surface area contributed by atoms with Crippen LogP contribution in [0.1, 0.15) is 103 Å². The highest BCUT2D eigenvalue weighted by Gasteiger charge is 2.08. The molecule has 0 bridgehead atoms. The molecule has 0 heterocycles. The second kappa shape index (κ2) is 22.8. The van der Waals surface area contributed by atoms with Crippen molar-refractivity contribution in [3.05, 3.63) is 60.2 Å². The van der Waals surface area contributed by atoms with E-state index in [-0.39, 0.29) is 11.9 Å². The fraction of sp³-hybridized carbons (Fsp3) is 0.607. The fourth-order valence-corrected chi connectivity index (χ4v) is 3.24. The van der Waals surface area contributed by atoms with Crippen molar-refractivity contribution in [1.82, 2.24) is 10.6 Å². The zero-order chi connectivity index (χ0) is 23.0. The molecule has 176 valence electrons. The Labute approximate surface area is 192 Å². The molecule has 2 N–H and O–H groups in total. The number of carbonyl (C=O) groups excluding carboxylic acids is 1. The van der Waals surface area contributed by atoms with Gasteiger partial charge < -0.3 is 10.6 Å². The topological polar surface area (TPSA) is 41.1 Å². The second-order valence-corrected chi connectivity index (χ2v) is 8.18. The molecule has 0 saturated heterocycles. The minimum absolute atomic E-state index is 0.0895. The third kappa shape index (κ3) is 19.8. The molecule has 0 aromatic heterocycles. The van der Waals surface area contributed by atoms with Crippen LogP contribution in [0.5, 0.6) is 0 Å². The van der Waals surface area contributed by atoms with Gasteiger partial charge in [-0.2, -0.15) is 0 Å². The lowest BCUT2D eigenvalue weighted by Crippen LogP contribution is -2.26. The van der Waals surface area contributed by atoms with Gasteiger partial charge in [-0.3, -0.25) is 4.79 Å². The van der Waals surface area contributed by atoms with E-state index >= 15 is 0 Å². The number of hydrogen-bond acceptors (Lipinski definition) is 2. The molecule has 1 aromatic rings. The highest BCUT2D eigenvalue weighted by molar-refractivity contribution is 5.76. The van der Waals surface area contributed by atoms with Crippen molar-refractivity contribution < 1.29 is 4.79 Å². The molecule has 3 heteroatoms. The Hall–Kier alpha value is -1.87. The molecule has 0 aliphatic rings. The zero-order valence-corrected chi connectivity index (χ0v) is 20.7. The second-order valence-electron chi connectivity index (χ2n) is 8.18. The van der Waals surface area contributed by atoms with Gasteiger partial charge in [-0.25, -0.2) is 0 Å². The number of benzene rings is 1. The van der Waals surface area contributed by atoms with Gasteiger partial charge in [0, 0.05) is 6.42 Å². The first-order valence-corrected chi connectivity index (χ1v) is 12.4. The van der Waals surface area contributed by atoms with Crippen molar-refractivity contribution in [2.45, 2.75) is 96.9 Å². The van der Waals surface area contributed by atoms with Gasteiger partial charge in [0.1, 0.15) is 0 Å². The summed E-state index contributed by atoms with van der Waals surface area (Å²) in [6.07, 6.45) is 23.2. The molecule has 0 saturated carbocycles. The first-order valence-electron chi connectivity index (χ1n) is 12.4. The van der Waals surface area contributed by atoms with E-state index < -0.39 is 0 Å². The lowest BCUT2D eigenvalue weighted by molar-refractivity contribution is -0.121. The summed E-state index contributed by atoms with van der Waals surface area (Å²) in [6.45, 7) is 4.29. The van der Waals surface area contributed by atoms with Crippen LogP contribution in [0.4, 0.5) is 0 Å². The first kappa shape index (κ1) is 29.1. The number of carbonyl (C=O) groups is 1. The summed E-state index contributed by atoms with van der Waals surface area (Å²) in [5.41, 5.74) is 1.16. The van der Waals surface area contributed by atoms with Crippen LogP contribution >= 0.6 is 0 Å². The van der Waals surface area contributed by atoms with Crippen molar-refractivity contribution in [2.24, 2.45) is 0 Å². The van der Waals surface area contributed by atoms with Gasteiger partial charge in [-0.1, -0.05) is 93.7 Å². The van der Waals surface area contributed by atoms with Crippen LogP contribution in [0.3, 0.4) is 0 Å². The summed E-state index contributed by atoms with van der Waals surface area (Å²) in [7, 11) is 3.75. The fourth-order valence-electron chi connectivity index (χ4n) is 3.24. The van der Waals surface area contributed by atoms with Gasteiger partial charge in [-0.15, -0.1) is 0 Å². The Morgan fingerprint density at radius 2 is 1.39 bits per heavy atom. The van der Waals surface area contributed by atoms with Gasteiger partial charge in [0.05, 0.1) is 6.04 Å². The number of nitrogens with one attached hydrogen (secondary N) is 2. The van der Waals surface area contributed by atoms with Crippen LogP contribution in [-0.4, -0.2) is 20.0 Å². The average Bonchev–Trinajstić information content (AvgIpc) is 2.77. The molecule has 0 radical (unpaired) electrons. The van der Waals surface area contributed by atoms with Crippen LogP contribution in [0.15, 0.2) is 54.6 Å². The number of hydrogen-bond donors (Lipinski definition) is 2. The van der Waals surface area contributed by atoms with E-state index in [4.69, 9.17) is 0 Å². The molecule has 1 unspecified atom stereocenters. The Balaban J connectivity index is 0.00000282. The normalized spacial score (nSPS) is 12.0. The van der Waals surface area contributed by atoms with E-state index in [1.807, 2.05) is 39.2 Å². The molecule has 31 heavy (non-hydrogen) atoms. The van der Waals surface area contributed by atoms with E-state index in [0.29, 0.717) is 6.42 Å². The van der Waals surface area contributed by atoms with E-state index in [1.54, 1.807) is 0 Å². The summed E-state index contributed by atoms with van der Waals surface area (Å²) in [5.74, 6) is 0.169. The lowest BCUT2D eigenvalue weighted by Gasteiger charge is -2.14. The van der Waals surface area contributed by atoms with Gasteiger partial charge in [0.2, 0.25) is 5.91 Å². The third-order valence-electron chi connectivity index (χ3n) is 5.03. The van der Waals surface area contributed by atoms with E-state index in [9.17, 15) is 4.79 Å². The van der Waals surface area contributed by atoms with Crippen LogP contribution in [0, 0.1) is 0 Å². The summed E-state index contributed by atoms with van der Waals surface area (Å²) in [5, 5.41) is 5.84. The van der Waals surface area contributed by atoms with E-state index in [1.165, 1.54) is 51.4 Å². The maximum absolute atomic E-state index is 12.0. The smallest absolute Gasteiger partial charge is 0.220 e. The molecule has 1 aromatic carbocycles. The van der Waals surface area contributed by atoms with Gasteiger partial charge in [0.25, 0.3) is 0 Å². The molecule has 0 spiro atoms. The first-order chi connectivity index (χ1) is 15.2. The Bertz CT molecular complexity index is 566. The summed E-state index contributed by atoms with van der Waals surface area (Å²) in [6, 6.07) is 10.2. The summed E-state index contributed by atoms with van der Waals surface area (Å²) in [4.78, 5) is 12.0. The van der Waals surface area contributed by atoms with Crippen LogP contribution < -0.4 is 10.6 Å². The SMILES string of the molecule is CCCCC/C=C\C/C=C\CCCCCCCC(=O)NC(C)c1ccccc1.CNC. The Morgan fingerprint density at radius 1 is 0.839 bits per heavy atom. The van der Waals surface area contributed by atoms with Crippen molar-refractivity contribution in [3.8, 4) is 0 Å². The molecule has 0 aliphatic carbocycles. The van der Waals surface area contributed by atoms with Crippen molar-refractivity contribution in [3.63, 3.8) is 0 Å². The van der Waals surface area contributed by atoms with Crippen molar-refractivity contribution >= 4 is 5.91 Å². The predicted octanol–water partition coefficient (Wildman–Crippen LogP) is 7.51. The molecular weight excluding hydrogens is 380 g/mol. The molecule has 1 rings (SSSR count). The number of unbranched alkanes of at least 4 members (excludes halogenated alkanes) is 8. The molecule has 0 aliphatic heterocycles. The lowest BCUT2D eigenvalue weighted by atomic mass is 10.1. The van der Waals surface area contributed by atoms with E-state index in [0.717, 1.165) is 24.8 Å². The highest BCUT2D eigenvalue weighted by Crippen LogP contribution is 2.12. The van der Waals surface area contributed by atoms with E-state index in [2.05, 4.69) is 54.0 Å². The number of allylic oxidation sites excluding steroid dienone is 4. The van der Waals surface area contributed by atoms with Crippen molar-refractivity contribution in [2.75, 3.05) is 14.1 Å². The standard InChI is InChI=1S/C26H41NO.C2H7N/c1-3-4-5-6-7-8-9-10-11-12-13-14-15-16-20-23-26(28)27-24(2)25-21-18-17-19-22-25;1-3-2/h7-8,10-11,17-19,21-22,24H,3-6,9,12-16,20,23H2,1-2H3,(H,27,28);3H,1-2H3/b8-7-,11-10-;. The Kier molecular flexibility index (Phi) is 21.4. The summed E-state index contributed by atoms with van der Waals surface area (Å²) >= 11 is 0. The monoisotopic (exact) mass is 428 g/mol. The van der Waals surface area contributed by atoms with Crippen molar-refractivity contribution in [1.29, 1.82) is 0 Å². The largest absolute Gasteiger partial charge is 0.350 e. The molecule has 0 fully saturated rings. The quantitative estimate of drug-likeness (QED) is 0.211. The summed E-state index contributed by atoms with van der Waals surface area (Å²) < 4.78 is 0. The third-order valence-corrected chi connectivity index (χ3v) is 5.03.